The molecule has 194 valence electrons. The van der Waals surface area contributed by atoms with Gasteiger partial charge in [-0.25, -0.2) is 4.79 Å². The fourth-order valence-corrected chi connectivity index (χ4v) is 4.79. The highest BCUT2D eigenvalue weighted by atomic mass is 16.6. The molecule has 0 spiro atoms. The summed E-state index contributed by atoms with van der Waals surface area (Å²) >= 11 is 0. The molecule has 0 saturated heterocycles. The maximum atomic E-state index is 13.7. The summed E-state index contributed by atoms with van der Waals surface area (Å²) in [6, 6.07) is 17.1. The Hall–Kier alpha value is -4.86. The Morgan fingerprint density at radius 2 is 1.74 bits per heavy atom. The zero-order chi connectivity index (χ0) is 26.8. The van der Waals surface area contributed by atoms with E-state index < -0.39 is 22.5 Å². The molecule has 1 aliphatic heterocycles. The average molecular weight is 517 g/mol. The molecule has 0 aliphatic carbocycles. The van der Waals surface area contributed by atoms with Gasteiger partial charge < -0.3 is 23.5 Å². The molecule has 4 aromatic rings. The lowest BCUT2D eigenvalue weighted by Gasteiger charge is -2.37. The number of nitrogens with zero attached hydrogens (tertiary/aromatic N) is 2. The molecule has 0 fully saturated rings. The van der Waals surface area contributed by atoms with Crippen molar-refractivity contribution in [2.75, 3.05) is 27.4 Å². The van der Waals surface area contributed by atoms with Crippen molar-refractivity contribution in [2.24, 2.45) is 0 Å². The number of hydrogen-bond acceptors (Lipinski definition) is 8. The molecular weight excluding hydrogens is 492 g/mol. The highest BCUT2D eigenvalue weighted by molar-refractivity contribution is 5.98. The lowest BCUT2D eigenvalue weighted by atomic mass is 9.91. The van der Waals surface area contributed by atoms with Crippen LogP contribution in [0.5, 0.6) is 17.2 Å². The number of amides is 1. The third kappa shape index (κ3) is 4.52. The van der Waals surface area contributed by atoms with Gasteiger partial charge in [0.15, 0.2) is 11.5 Å². The number of nitro benzene ring substituents is 1. The number of nitro groups is 1. The Morgan fingerprint density at radius 3 is 2.50 bits per heavy atom. The summed E-state index contributed by atoms with van der Waals surface area (Å²) < 4.78 is 22.4. The Kier molecular flexibility index (Phi) is 6.69. The van der Waals surface area contributed by atoms with Gasteiger partial charge in [0, 0.05) is 12.6 Å². The van der Waals surface area contributed by atoms with Gasteiger partial charge in [0.2, 0.25) is 0 Å². The van der Waals surface area contributed by atoms with Crippen LogP contribution in [0.1, 0.15) is 27.5 Å². The second kappa shape index (κ2) is 10.3. The van der Waals surface area contributed by atoms with Crippen LogP contribution in [0.15, 0.2) is 75.9 Å². The number of rotatable bonds is 7. The van der Waals surface area contributed by atoms with E-state index in [1.54, 1.807) is 48.4 Å². The maximum Gasteiger partial charge on any atom is 0.339 e. The predicted octanol–water partition coefficient (Wildman–Crippen LogP) is 4.54. The lowest BCUT2D eigenvalue weighted by molar-refractivity contribution is -0.385. The number of hydrogen-bond donors (Lipinski definition) is 0. The lowest BCUT2D eigenvalue weighted by Crippen LogP contribution is -2.42. The van der Waals surface area contributed by atoms with Crippen LogP contribution in [0.4, 0.5) is 5.69 Å². The number of fused-ring (bicyclic) bond motifs is 2. The highest BCUT2D eigenvalue weighted by Gasteiger charge is 2.35. The first-order chi connectivity index (χ1) is 18.4. The standard InChI is InChI=1S/C28H24N2O8/c1-35-25-13-17-11-12-29(28(32)18-7-3-5-9-21(18)30(33)34)22(20(17)14-26(25)36-2)16-37-24-15-27(31)38-23-10-6-4-8-19(23)24/h3-10,13-15,22H,11-12,16H2,1-2H3. The Labute approximate surface area is 217 Å². The predicted molar refractivity (Wildman–Crippen MR) is 138 cm³/mol. The molecule has 10 nitrogen and oxygen atoms in total. The second-order valence-corrected chi connectivity index (χ2v) is 8.68. The molecule has 38 heavy (non-hydrogen) atoms. The van der Waals surface area contributed by atoms with Gasteiger partial charge in [-0.1, -0.05) is 24.3 Å². The van der Waals surface area contributed by atoms with Crippen molar-refractivity contribution in [3.8, 4) is 17.2 Å². The van der Waals surface area contributed by atoms with Gasteiger partial charge >= 0.3 is 5.63 Å². The zero-order valence-electron chi connectivity index (χ0n) is 20.7. The van der Waals surface area contributed by atoms with Crippen molar-refractivity contribution >= 4 is 22.6 Å². The zero-order valence-corrected chi connectivity index (χ0v) is 20.7. The second-order valence-electron chi connectivity index (χ2n) is 8.68. The molecular formula is C28H24N2O8. The third-order valence-electron chi connectivity index (χ3n) is 6.60. The summed E-state index contributed by atoms with van der Waals surface area (Å²) in [5.41, 5.74) is 1.20. The van der Waals surface area contributed by atoms with Crippen LogP contribution < -0.4 is 19.8 Å². The van der Waals surface area contributed by atoms with Crippen molar-refractivity contribution in [1.82, 2.24) is 4.90 Å². The van der Waals surface area contributed by atoms with Crippen LogP contribution in [-0.4, -0.2) is 43.1 Å². The van der Waals surface area contributed by atoms with Gasteiger partial charge in [-0.3, -0.25) is 14.9 Å². The Bertz CT molecular complexity index is 1600. The number of methoxy groups -OCH3 is 2. The summed E-state index contributed by atoms with van der Waals surface area (Å²) in [6.45, 7) is 0.265. The van der Waals surface area contributed by atoms with Crippen molar-refractivity contribution in [3.63, 3.8) is 0 Å². The van der Waals surface area contributed by atoms with Gasteiger partial charge in [-0.05, 0) is 47.9 Å². The van der Waals surface area contributed by atoms with E-state index in [9.17, 15) is 19.7 Å². The summed E-state index contributed by atoms with van der Waals surface area (Å²) in [4.78, 5) is 38.5. The van der Waals surface area contributed by atoms with Crippen LogP contribution in [0, 0.1) is 10.1 Å². The van der Waals surface area contributed by atoms with Crippen molar-refractivity contribution in [2.45, 2.75) is 12.5 Å². The van der Waals surface area contributed by atoms with E-state index in [-0.39, 0.29) is 17.9 Å². The fraction of sp³-hybridized carbons (Fsp3) is 0.214. The van der Waals surface area contributed by atoms with Crippen molar-refractivity contribution in [1.29, 1.82) is 0 Å². The molecule has 3 aromatic carbocycles. The molecule has 2 heterocycles. The normalized spacial score (nSPS) is 14.6. The molecule has 5 rings (SSSR count). The van der Waals surface area contributed by atoms with Gasteiger partial charge in [-0.2, -0.15) is 0 Å². The molecule has 1 aliphatic rings. The molecule has 1 atom stereocenters. The summed E-state index contributed by atoms with van der Waals surface area (Å²) in [5.74, 6) is 0.837. The first-order valence-electron chi connectivity index (χ1n) is 11.9. The third-order valence-corrected chi connectivity index (χ3v) is 6.60. The minimum absolute atomic E-state index is 0.0165. The van der Waals surface area contributed by atoms with Crippen LogP contribution in [-0.2, 0) is 6.42 Å². The molecule has 0 bridgehead atoms. The maximum absolute atomic E-state index is 13.7. The summed E-state index contributed by atoms with van der Waals surface area (Å²) in [5, 5.41) is 12.3. The first kappa shape index (κ1) is 24.8. The monoisotopic (exact) mass is 516 g/mol. The fourth-order valence-electron chi connectivity index (χ4n) is 4.79. The van der Waals surface area contributed by atoms with E-state index >= 15 is 0 Å². The van der Waals surface area contributed by atoms with Crippen LogP contribution >= 0.6 is 0 Å². The van der Waals surface area contributed by atoms with Crippen LogP contribution in [0.3, 0.4) is 0 Å². The van der Waals surface area contributed by atoms with Gasteiger partial charge in [0.1, 0.15) is 23.5 Å². The highest BCUT2D eigenvalue weighted by Crippen LogP contribution is 2.39. The topological polar surface area (TPSA) is 121 Å². The number of para-hydroxylation sites is 2. The van der Waals surface area contributed by atoms with Gasteiger partial charge in [0.05, 0.1) is 36.6 Å². The smallest absolute Gasteiger partial charge is 0.339 e. The van der Waals surface area contributed by atoms with Crippen molar-refractivity contribution in [3.05, 3.63) is 104 Å². The minimum Gasteiger partial charge on any atom is -0.493 e. The average Bonchev–Trinajstić information content (AvgIpc) is 2.94. The van der Waals surface area contributed by atoms with E-state index in [2.05, 4.69) is 0 Å². The van der Waals surface area contributed by atoms with Crippen molar-refractivity contribution < 1.29 is 28.3 Å². The molecule has 10 heteroatoms. The van der Waals surface area contributed by atoms with E-state index in [1.165, 1.54) is 31.4 Å². The van der Waals surface area contributed by atoms with Crippen LogP contribution in [0.2, 0.25) is 0 Å². The van der Waals surface area contributed by atoms with Gasteiger partial charge in [0.25, 0.3) is 11.6 Å². The number of ether oxygens (including phenoxy) is 3. The van der Waals surface area contributed by atoms with E-state index in [0.717, 1.165) is 11.1 Å². The molecule has 0 N–H and O–H groups in total. The molecule has 1 amide bonds. The quantitative estimate of drug-likeness (QED) is 0.199. The molecule has 0 radical (unpaired) electrons. The minimum atomic E-state index is -0.642. The van der Waals surface area contributed by atoms with E-state index in [4.69, 9.17) is 18.6 Å². The molecule has 1 unspecified atom stereocenters. The SMILES string of the molecule is COc1cc2c(cc1OC)C(COc1cc(=O)oc3ccccc13)N(C(=O)c1ccccc1[N+](=O)[O-])CC2. The Morgan fingerprint density at radius 1 is 1.03 bits per heavy atom. The summed E-state index contributed by atoms with van der Waals surface area (Å²) in [6.07, 6.45) is 0.496. The Balaban J connectivity index is 1.58. The van der Waals surface area contributed by atoms with E-state index in [1.807, 2.05) is 6.07 Å². The number of carbonyl (C=O) groups is 1. The largest absolute Gasteiger partial charge is 0.493 e. The van der Waals surface area contributed by atoms with Crippen LogP contribution in [0.25, 0.3) is 11.0 Å². The first-order valence-corrected chi connectivity index (χ1v) is 11.9. The van der Waals surface area contributed by atoms with E-state index in [0.29, 0.717) is 41.2 Å². The number of benzene rings is 3. The molecule has 0 saturated carbocycles. The summed E-state index contributed by atoms with van der Waals surface area (Å²) in [7, 11) is 3.06. The number of carbonyl (C=O) groups excluding carboxylic acids is 1. The molecule has 1 aromatic heterocycles. The van der Waals surface area contributed by atoms with Gasteiger partial charge in [-0.15, -0.1) is 0 Å².